The summed E-state index contributed by atoms with van der Waals surface area (Å²) in [5.74, 6) is 2.09. The number of imidazole rings is 1. The van der Waals surface area contributed by atoms with Gasteiger partial charge in [-0.2, -0.15) is 0 Å². The van der Waals surface area contributed by atoms with Crippen molar-refractivity contribution in [3.8, 4) is 11.5 Å². The Kier molecular flexibility index (Phi) is 7.43. The van der Waals surface area contributed by atoms with Crippen molar-refractivity contribution in [1.82, 2.24) is 18.7 Å². The van der Waals surface area contributed by atoms with Crippen molar-refractivity contribution in [2.45, 2.75) is 40.8 Å². The standard InChI is InChI=1S/C28H33N5O3/c1-6-31(7-2)21-14-16-22(17-15-21)36-23-12-10-11-20(19-23)13-18-24-29-26-25(30(24)5)27(34)33(9-4)28(35)32(26)8-3/h10-19H,6-9H2,1-5H3/b18-13+. The molecule has 0 amide bonds. The molecular formula is C28H33N5O3. The molecule has 0 saturated heterocycles. The van der Waals surface area contributed by atoms with Crippen LogP contribution in [0.25, 0.3) is 23.3 Å². The lowest BCUT2D eigenvalue weighted by Crippen LogP contribution is -2.39. The first-order valence-electron chi connectivity index (χ1n) is 12.4. The van der Waals surface area contributed by atoms with Gasteiger partial charge in [-0.3, -0.25) is 13.9 Å². The molecule has 0 bridgehead atoms. The molecule has 36 heavy (non-hydrogen) atoms. The van der Waals surface area contributed by atoms with E-state index < -0.39 is 0 Å². The highest BCUT2D eigenvalue weighted by Gasteiger charge is 2.17. The lowest BCUT2D eigenvalue weighted by atomic mass is 10.2. The fourth-order valence-electron chi connectivity index (χ4n) is 4.39. The molecule has 8 heteroatoms. The van der Waals surface area contributed by atoms with Crippen LogP contribution in [0.15, 0.2) is 58.1 Å². The molecule has 0 radical (unpaired) electrons. The SMILES string of the molecule is CCN(CC)c1ccc(Oc2cccc(/C=C/c3nc4c(c(=O)n(CC)c(=O)n4CC)n3C)c2)cc1. The van der Waals surface area contributed by atoms with E-state index in [1.54, 1.807) is 18.5 Å². The highest BCUT2D eigenvalue weighted by Crippen LogP contribution is 2.26. The van der Waals surface area contributed by atoms with Crippen molar-refractivity contribution in [2.75, 3.05) is 18.0 Å². The van der Waals surface area contributed by atoms with Crippen LogP contribution in [0.2, 0.25) is 0 Å². The van der Waals surface area contributed by atoms with Gasteiger partial charge in [-0.25, -0.2) is 9.78 Å². The molecule has 0 aliphatic rings. The highest BCUT2D eigenvalue weighted by molar-refractivity contribution is 5.76. The van der Waals surface area contributed by atoms with Crippen LogP contribution in [0.1, 0.15) is 39.1 Å². The second-order valence-electron chi connectivity index (χ2n) is 8.45. The Morgan fingerprint density at radius 2 is 1.58 bits per heavy atom. The molecule has 4 rings (SSSR count). The molecular weight excluding hydrogens is 454 g/mol. The zero-order valence-corrected chi connectivity index (χ0v) is 21.6. The lowest BCUT2D eigenvalue weighted by molar-refractivity contribution is 0.482. The van der Waals surface area contributed by atoms with Gasteiger partial charge in [0.15, 0.2) is 11.2 Å². The minimum absolute atomic E-state index is 0.314. The normalized spacial score (nSPS) is 11.5. The molecule has 0 aliphatic heterocycles. The van der Waals surface area contributed by atoms with Crippen molar-refractivity contribution in [3.05, 3.63) is 80.8 Å². The number of fused-ring (bicyclic) bond motifs is 1. The predicted molar refractivity (Wildman–Crippen MR) is 146 cm³/mol. The van der Waals surface area contributed by atoms with Gasteiger partial charge < -0.3 is 14.2 Å². The van der Waals surface area contributed by atoms with Gasteiger partial charge in [0.1, 0.15) is 17.3 Å². The molecule has 188 valence electrons. The van der Waals surface area contributed by atoms with E-state index in [1.807, 2.05) is 55.5 Å². The Morgan fingerprint density at radius 3 is 2.22 bits per heavy atom. The number of hydrogen-bond donors (Lipinski definition) is 0. The molecule has 0 atom stereocenters. The Hall–Kier alpha value is -4.07. The Morgan fingerprint density at radius 1 is 0.889 bits per heavy atom. The summed E-state index contributed by atoms with van der Waals surface area (Å²) >= 11 is 0. The molecule has 0 saturated carbocycles. The third-order valence-electron chi connectivity index (χ3n) is 6.39. The summed E-state index contributed by atoms with van der Waals surface area (Å²) in [7, 11) is 1.79. The van der Waals surface area contributed by atoms with E-state index in [9.17, 15) is 9.59 Å². The van der Waals surface area contributed by atoms with Gasteiger partial charge in [-0.15, -0.1) is 0 Å². The minimum atomic E-state index is -0.332. The van der Waals surface area contributed by atoms with E-state index in [4.69, 9.17) is 4.74 Å². The summed E-state index contributed by atoms with van der Waals surface area (Å²) in [6.45, 7) is 10.6. The molecule has 0 N–H and O–H groups in total. The molecule has 2 aromatic carbocycles. The van der Waals surface area contributed by atoms with Crippen LogP contribution in [0.5, 0.6) is 11.5 Å². The predicted octanol–water partition coefficient (Wildman–Crippen LogP) is 4.75. The summed E-state index contributed by atoms with van der Waals surface area (Å²) in [5, 5.41) is 0. The first-order valence-corrected chi connectivity index (χ1v) is 12.4. The van der Waals surface area contributed by atoms with E-state index in [2.05, 4.69) is 35.9 Å². The van der Waals surface area contributed by atoms with Gasteiger partial charge in [0.05, 0.1) is 0 Å². The summed E-state index contributed by atoms with van der Waals surface area (Å²) < 4.78 is 10.6. The second kappa shape index (κ2) is 10.7. The number of aromatic nitrogens is 4. The van der Waals surface area contributed by atoms with Gasteiger partial charge >= 0.3 is 5.69 Å². The quantitative estimate of drug-likeness (QED) is 0.341. The van der Waals surface area contributed by atoms with Crippen LogP contribution in [-0.4, -0.2) is 31.8 Å². The maximum atomic E-state index is 12.9. The van der Waals surface area contributed by atoms with Crippen LogP contribution in [-0.2, 0) is 20.1 Å². The van der Waals surface area contributed by atoms with Crippen LogP contribution in [0.4, 0.5) is 5.69 Å². The maximum Gasteiger partial charge on any atom is 0.332 e. The van der Waals surface area contributed by atoms with Crippen molar-refractivity contribution in [2.24, 2.45) is 7.05 Å². The molecule has 0 spiro atoms. The monoisotopic (exact) mass is 487 g/mol. The number of anilines is 1. The third kappa shape index (κ3) is 4.71. The average Bonchev–Trinajstić information content (AvgIpc) is 3.21. The zero-order valence-electron chi connectivity index (χ0n) is 21.6. The average molecular weight is 488 g/mol. The lowest BCUT2D eigenvalue weighted by Gasteiger charge is -2.21. The van der Waals surface area contributed by atoms with Gasteiger partial charge in [-0.05, 0) is 75.7 Å². The minimum Gasteiger partial charge on any atom is -0.457 e. The Balaban J connectivity index is 1.61. The smallest absolute Gasteiger partial charge is 0.332 e. The topological polar surface area (TPSA) is 74.3 Å². The van der Waals surface area contributed by atoms with Crippen molar-refractivity contribution in [1.29, 1.82) is 0 Å². The summed E-state index contributed by atoms with van der Waals surface area (Å²) in [6.07, 6.45) is 3.77. The number of nitrogens with zero attached hydrogens (tertiary/aromatic N) is 5. The molecule has 8 nitrogen and oxygen atoms in total. The van der Waals surface area contributed by atoms with Crippen LogP contribution in [0, 0.1) is 0 Å². The molecule has 2 heterocycles. The maximum absolute atomic E-state index is 12.9. The summed E-state index contributed by atoms with van der Waals surface area (Å²) in [4.78, 5) is 32.5. The first-order chi connectivity index (χ1) is 17.4. The van der Waals surface area contributed by atoms with Gasteiger partial charge in [0, 0.05) is 38.9 Å². The number of aryl methyl sites for hydroxylation is 2. The van der Waals surface area contributed by atoms with Crippen molar-refractivity contribution >= 4 is 29.0 Å². The second-order valence-corrected chi connectivity index (χ2v) is 8.45. The molecule has 4 aromatic rings. The molecule has 0 unspecified atom stereocenters. The largest absolute Gasteiger partial charge is 0.457 e. The summed E-state index contributed by atoms with van der Waals surface area (Å²) in [6, 6.07) is 15.9. The first kappa shape index (κ1) is 25.0. The fraction of sp³-hybridized carbons (Fsp3) is 0.321. The number of benzene rings is 2. The van der Waals surface area contributed by atoms with E-state index in [0.29, 0.717) is 30.1 Å². The molecule has 2 aromatic heterocycles. The van der Waals surface area contributed by atoms with Crippen LogP contribution >= 0.6 is 0 Å². The summed E-state index contributed by atoms with van der Waals surface area (Å²) in [5.41, 5.74) is 2.27. The fourth-order valence-corrected chi connectivity index (χ4v) is 4.39. The van der Waals surface area contributed by atoms with E-state index in [0.717, 1.165) is 30.2 Å². The van der Waals surface area contributed by atoms with Crippen molar-refractivity contribution < 1.29 is 4.74 Å². The van der Waals surface area contributed by atoms with Crippen LogP contribution < -0.4 is 20.9 Å². The molecule has 0 fully saturated rings. The van der Waals surface area contributed by atoms with E-state index in [-0.39, 0.29) is 11.2 Å². The van der Waals surface area contributed by atoms with Gasteiger partial charge in [0.2, 0.25) is 0 Å². The number of ether oxygens (including phenoxy) is 1. The Labute approximate surface area is 210 Å². The van der Waals surface area contributed by atoms with Crippen LogP contribution in [0.3, 0.4) is 0 Å². The van der Waals surface area contributed by atoms with E-state index >= 15 is 0 Å². The van der Waals surface area contributed by atoms with Gasteiger partial charge in [-0.1, -0.05) is 18.2 Å². The van der Waals surface area contributed by atoms with Crippen molar-refractivity contribution in [3.63, 3.8) is 0 Å². The zero-order chi connectivity index (χ0) is 25.8. The van der Waals surface area contributed by atoms with E-state index in [1.165, 1.54) is 14.8 Å². The van der Waals surface area contributed by atoms with Gasteiger partial charge in [0.25, 0.3) is 5.56 Å². The highest BCUT2D eigenvalue weighted by atomic mass is 16.5. The third-order valence-corrected chi connectivity index (χ3v) is 6.39. The molecule has 0 aliphatic carbocycles. The Bertz CT molecular complexity index is 1510. The number of hydrogen-bond acceptors (Lipinski definition) is 5. The number of rotatable bonds is 9.